The van der Waals surface area contributed by atoms with E-state index in [1.165, 1.54) is 15.6 Å². The molecule has 5 rings (SSSR count). The van der Waals surface area contributed by atoms with Gasteiger partial charge in [-0.05, 0) is 66.3 Å². The number of ether oxygens (including phenoxy) is 1. The molecule has 1 aliphatic rings. The first kappa shape index (κ1) is 31.5. The van der Waals surface area contributed by atoms with Gasteiger partial charge in [-0.2, -0.15) is 4.31 Å². The molecule has 1 saturated heterocycles. The van der Waals surface area contributed by atoms with Crippen molar-refractivity contribution in [2.45, 2.75) is 43.9 Å². The molecule has 0 bridgehead atoms. The van der Waals surface area contributed by atoms with Crippen LogP contribution in [0.5, 0.6) is 5.75 Å². The summed E-state index contributed by atoms with van der Waals surface area (Å²) in [5, 5.41) is 5.71. The minimum absolute atomic E-state index is 0.0565. The Morgan fingerprint density at radius 3 is 2.45 bits per heavy atom. The number of rotatable bonds is 7. The highest BCUT2D eigenvalue weighted by Crippen LogP contribution is 2.32. The van der Waals surface area contributed by atoms with Crippen molar-refractivity contribution in [3.05, 3.63) is 77.4 Å². The lowest BCUT2D eigenvalue weighted by Gasteiger charge is -2.31. The predicted octanol–water partition coefficient (Wildman–Crippen LogP) is 6.17. The van der Waals surface area contributed by atoms with Crippen molar-refractivity contribution < 1.29 is 31.5 Å². The van der Waals surface area contributed by atoms with Crippen LogP contribution in [0.1, 0.15) is 49.5 Å². The third-order valence-electron chi connectivity index (χ3n) is 7.49. The monoisotopic (exact) mass is 642 g/mol. The standard InChI is InChI=1S/C31H32F2N4O5S2/c1-31(2,3)19-7-10-21(11-8-19)44(40,41)37-15-5-6-18(17-37)28(38)36-30-35-24-14-9-20(16-25(24)43-30)34-29(39)22-12-13-23(32)27(42-4)26(22)33/h7-14,16,18H,5-6,15,17H2,1-4H3,(H,34,39)(H,35,36,38). The number of carbonyl (C=O) groups excluding carboxylic acids is 2. The van der Waals surface area contributed by atoms with Gasteiger partial charge in [-0.25, -0.2) is 22.2 Å². The van der Waals surface area contributed by atoms with E-state index >= 15 is 0 Å². The molecular formula is C31H32F2N4O5S2. The third kappa shape index (κ3) is 6.44. The molecule has 232 valence electrons. The van der Waals surface area contributed by atoms with Crippen LogP contribution in [0, 0.1) is 17.6 Å². The topological polar surface area (TPSA) is 118 Å². The molecule has 2 heterocycles. The maximum atomic E-state index is 14.5. The van der Waals surface area contributed by atoms with E-state index in [0.717, 1.165) is 24.8 Å². The number of carbonyl (C=O) groups is 2. The van der Waals surface area contributed by atoms with Gasteiger partial charge in [0.1, 0.15) is 0 Å². The Balaban J connectivity index is 1.25. The van der Waals surface area contributed by atoms with Crippen LogP contribution in [0.2, 0.25) is 0 Å². The lowest BCUT2D eigenvalue weighted by molar-refractivity contribution is -0.120. The van der Waals surface area contributed by atoms with Crippen LogP contribution < -0.4 is 15.4 Å². The molecule has 1 atom stereocenters. The van der Waals surface area contributed by atoms with Crippen molar-refractivity contribution in [3.63, 3.8) is 0 Å². The van der Waals surface area contributed by atoms with Crippen LogP contribution in [-0.2, 0) is 20.2 Å². The zero-order valence-corrected chi connectivity index (χ0v) is 26.2. The van der Waals surface area contributed by atoms with Gasteiger partial charge in [0.2, 0.25) is 15.9 Å². The minimum atomic E-state index is -3.77. The maximum Gasteiger partial charge on any atom is 0.258 e. The number of benzene rings is 3. The molecule has 2 N–H and O–H groups in total. The summed E-state index contributed by atoms with van der Waals surface area (Å²) in [6, 6.07) is 13.7. The van der Waals surface area contributed by atoms with Crippen molar-refractivity contribution in [1.29, 1.82) is 0 Å². The molecule has 4 aromatic rings. The average molecular weight is 643 g/mol. The number of aromatic nitrogens is 1. The Morgan fingerprint density at radius 2 is 1.77 bits per heavy atom. The number of fused-ring (bicyclic) bond motifs is 1. The van der Waals surface area contributed by atoms with Gasteiger partial charge in [0.05, 0.1) is 33.7 Å². The first-order valence-corrected chi connectivity index (χ1v) is 16.2. The third-order valence-corrected chi connectivity index (χ3v) is 10.3. The summed E-state index contributed by atoms with van der Waals surface area (Å²) in [6.07, 6.45) is 1.08. The van der Waals surface area contributed by atoms with Gasteiger partial charge in [-0.1, -0.05) is 44.2 Å². The van der Waals surface area contributed by atoms with E-state index in [1.54, 1.807) is 30.3 Å². The van der Waals surface area contributed by atoms with E-state index in [2.05, 4.69) is 36.4 Å². The lowest BCUT2D eigenvalue weighted by Crippen LogP contribution is -2.43. The molecule has 1 aliphatic heterocycles. The van der Waals surface area contributed by atoms with Crippen LogP contribution in [-0.4, -0.2) is 49.7 Å². The molecule has 0 saturated carbocycles. The number of halogens is 2. The van der Waals surface area contributed by atoms with Crippen LogP contribution >= 0.6 is 11.3 Å². The van der Waals surface area contributed by atoms with Gasteiger partial charge in [-0.3, -0.25) is 9.59 Å². The van der Waals surface area contributed by atoms with Crippen LogP contribution in [0.4, 0.5) is 19.6 Å². The molecule has 1 fully saturated rings. The number of amides is 2. The summed E-state index contributed by atoms with van der Waals surface area (Å²) in [5.74, 6) is -4.36. The van der Waals surface area contributed by atoms with Gasteiger partial charge in [0, 0.05) is 18.8 Å². The Bertz CT molecular complexity index is 1840. The van der Waals surface area contributed by atoms with Gasteiger partial charge in [0.15, 0.2) is 22.5 Å². The Kier molecular flexibility index (Phi) is 8.74. The van der Waals surface area contributed by atoms with Gasteiger partial charge < -0.3 is 15.4 Å². The van der Waals surface area contributed by atoms with Gasteiger partial charge in [-0.15, -0.1) is 0 Å². The van der Waals surface area contributed by atoms with E-state index in [9.17, 15) is 26.8 Å². The van der Waals surface area contributed by atoms with Crippen molar-refractivity contribution >= 4 is 54.2 Å². The van der Waals surface area contributed by atoms with Crippen molar-refractivity contribution in [3.8, 4) is 5.75 Å². The normalized spacial score (nSPS) is 16.1. The average Bonchev–Trinajstić information content (AvgIpc) is 3.38. The summed E-state index contributed by atoms with van der Waals surface area (Å²) in [5.41, 5.74) is 1.44. The van der Waals surface area contributed by atoms with Gasteiger partial charge >= 0.3 is 0 Å². The van der Waals surface area contributed by atoms with E-state index < -0.39 is 39.2 Å². The summed E-state index contributed by atoms with van der Waals surface area (Å²) >= 11 is 1.17. The number of sulfonamides is 1. The van der Waals surface area contributed by atoms with E-state index in [0.29, 0.717) is 40.4 Å². The fourth-order valence-electron chi connectivity index (χ4n) is 5.01. The predicted molar refractivity (Wildman–Crippen MR) is 166 cm³/mol. The summed E-state index contributed by atoms with van der Waals surface area (Å²) in [6.45, 7) is 6.56. The van der Waals surface area contributed by atoms with Crippen molar-refractivity contribution in [2.75, 3.05) is 30.8 Å². The van der Waals surface area contributed by atoms with Crippen molar-refractivity contribution in [2.24, 2.45) is 5.92 Å². The summed E-state index contributed by atoms with van der Waals surface area (Å²) in [7, 11) is -2.66. The van der Waals surface area contributed by atoms with Crippen LogP contribution in [0.3, 0.4) is 0 Å². The quantitative estimate of drug-likeness (QED) is 0.249. The first-order chi connectivity index (χ1) is 20.8. The number of nitrogens with zero attached hydrogens (tertiary/aromatic N) is 2. The zero-order chi connectivity index (χ0) is 31.8. The molecule has 44 heavy (non-hydrogen) atoms. The fraction of sp³-hybridized carbons (Fsp3) is 0.323. The van der Waals surface area contributed by atoms with Crippen molar-refractivity contribution in [1.82, 2.24) is 9.29 Å². The molecule has 0 aliphatic carbocycles. The highest BCUT2D eigenvalue weighted by atomic mass is 32.2. The second kappa shape index (κ2) is 12.2. The molecule has 1 aromatic heterocycles. The molecule has 9 nitrogen and oxygen atoms in total. The second-order valence-electron chi connectivity index (χ2n) is 11.6. The highest BCUT2D eigenvalue weighted by Gasteiger charge is 2.34. The lowest BCUT2D eigenvalue weighted by atomic mass is 9.87. The molecule has 1 unspecified atom stereocenters. The molecule has 0 spiro atoms. The fourth-order valence-corrected chi connectivity index (χ4v) is 7.44. The number of methoxy groups -OCH3 is 1. The summed E-state index contributed by atoms with van der Waals surface area (Å²) < 4.78 is 61.7. The number of hydrogen-bond donors (Lipinski definition) is 2. The second-order valence-corrected chi connectivity index (χ2v) is 14.5. The molecule has 13 heteroatoms. The zero-order valence-electron chi connectivity index (χ0n) is 24.6. The smallest absolute Gasteiger partial charge is 0.258 e. The number of hydrogen-bond acceptors (Lipinski definition) is 7. The minimum Gasteiger partial charge on any atom is -0.491 e. The van der Waals surface area contributed by atoms with E-state index in [1.807, 2.05) is 12.1 Å². The molecule has 2 amide bonds. The van der Waals surface area contributed by atoms with E-state index in [-0.39, 0.29) is 28.3 Å². The van der Waals surface area contributed by atoms with Crippen LogP contribution in [0.25, 0.3) is 10.2 Å². The first-order valence-electron chi connectivity index (χ1n) is 13.9. The Labute approximate surface area is 258 Å². The Morgan fingerprint density at radius 1 is 1.05 bits per heavy atom. The summed E-state index contributed by atoms with van der Waals surface area (Å²) in [4.78, 5) is 30.5. The van der Waals surface area contributed by atoms with Gasteiger partial charge in [0.25, 0.3) is 5.91 Å². The highest BCUT2D eigenvalue weighted by molar-refractivity contribution is 7.89. The van der Waals surface area contributed by atoms with E-state index in [4.69, 9.17) is 4.74 Å². The molecule has 3 aromatic carbocycles. The largest absolute Gasteiger partial charge is 0.491 e. The number of anilines is 2. The maximum absolute atomic E-state index is 14.5. The SMILES string of the molecule is COc1c(F)ccc(C(=O)Nc2ccc3nc(NC(=O)C4CCCN(S(=O)(=O)c5ccc(C(C)(C)C)cc5)C4)sc3c2)c1F. The number of piperidine rings is 1. The number of nitrogens with one attached hydrogen (secondary N) is 2. The van der Waals surface area contributed by atoms with Crippen LogP contribution in [0.15, 0.2) is 59.5 Å². The molecule has 0 radical (unpaired) electrons. The number of thiazole rings is 1. The Hall–Kier alpha value is -3.94. The molecular weight excluding hydrogens is 610 g/mol.